The number of fused-ring (bicyclic) bond motifs is 1. The summed E-state index contributed by atoms with van der Waals surface area (Å²) in [5, 5.41) is 13.7. The molecule has 3 aromatic carbocycles. The second kappa shape index (κ2) is 8.60. The Labute approximate surface area is 174 Å². The molecule has 0 bridgehead atoms. The Hall–Kier alpha value is -2.95. The minimum atomic E-state index is -0.893. The van der Waals surface area contributed by atoms with E-state index in [0.717, 1.165) is 18.5 Å². The molecular weight excluding hydrogens is 378 g/mol. The summed E-state index contributed by atoms with van der Waals surface area (Å²) >= 11 is 1.84. The largest absolute Gasteiger partial charge is 0.478 e. The number of rotatable bonds is 7. The molecule has 4 aromatic rings. The zero-order valence-electron chi connectivity index (χ0n) is 16.3. The predicted octanol–water partition coefficient (Wildman–Crippen LogP) is 6.12. The first-order valence-corrected chi connectivity index (χ1v) is 10.6. The van der Waals surface area contributed by atoms with Gasteiger partial charge in [-0.05, 0) is 52.3 Å². The van der Waals surface area contributed by atoms with E-state index in [9.17, 15) is 4.79 Å². The quantitative estimate of drug-likeness (QED) is 0.392. The lowest BCUT2D eigenvalue weighted by molar-refractivity contribution is 0.0697. The van der Waals surface area contributed by atoms with Crippen molar-refractivity contribution in [3.8, 4) is 11.1 Å². The van der Waals surface area contributed by atoms with E-state index < -0.39 is 5.97 Å². The summed E-state index contributed by atoms with van der Waals surface area (Å²) in [5.74, 6) is -0.893. The van der Waals surface area contributed by atoms with Crippen molar-refractivity contribution in [2.24, 2.45) is 0 Å². The summed E-state index contributed by atoms with van der Waals surface area (Å²) in [7, 11) is 0. The average Bonchev–Trinajstić information content (AvgIpc) is 3.17. The number of nitrogens with one attached hydrogen (secondary N) is 1. The van der Waals surface area contributed by atoms with Gasteiger partial charge >= 0.3 is 5.97 Å². The van der Waals surface area contributed by atoms with Crippen LogP contribution in [0.2, 0.25) is 0 Å². The van der Waals surface area contributed by atoms with Crippen molar-refractivity contribution in [2.75, 3.05) is 0 Å². The van der Waals surface area contributed by atoms with Gasteiger partial charge in [0.25, 0.3) is 0 Å². The maximum atomic E-state index is 11.0. The molecule has 0 aliphatic rings. The molecule has 3 nitrogen and oxygen atoms in total. The number of aromatic carboxylic acids is 1. The van der Waals surface area contributed by atoms with Crippen molar-refractivity contribution >= 4 is 27.4 Å². The lowest BCUT2D eigenvalue weighted by atomic mass is 9.97. The number of thiophene rings is 1. The SMILES string of the molecule is CCc1ccccc1-c1cccc2cc(CNCc3ccc(C(=O)O)cc3)sc12. The van der Waals surface area contributed by atoms with E-state index >= 15 is 0 Å². The van der Waals surface area contributed by atoms with Crippen LogP contribution in [0.5, 0.6) is 0 Å². The molecule has 146 valence electrons. The molecule has 0 saturated heterocycles. The Morgan fingerprint density at radius 2 is 1.69 bits per heavy atom. The Kier molecular flexibility index (Phi) is 5.74. The topological polar surface area (TPSA) is 49.3 Å². The zero-order valence-corrected chi connectivity index (χ0v) is 17.1. The van der Waals surface area contributed by atoms with Gasteiger partial charge in [0.2, 0.25) is 0 Å². The van der Waals surface area contributed by atoms with E-state index in [2.05, 4.69) is 60.8 Å². The number of carbonyl (C=O) groups is 1. The third-order valence-electron chi connectivity index (χ3n) is 5.11. The molecule has 0 aliphatic carbocycles. The molecule has 0 radical (unpaired) electrons. The molecule has 0 fully saturated rings. The van der Waals surface area contributed by atoms with Crippen molar-refractivity contribution < 1.29 is 9.90 Å². The van der Waals surface area contributed by atoms with Gasteiger partial charge in [-0.15, -0.1) is 11.3 Å². The number of carboxylic acid groups (broad SMARTS) is 1. The van der Waals surface area contributed by atoms with E-state index in [4.69, 9.17) is 5.11 Å². The zero-order chi connectivity index (χ0) is 20.2. The second-order valence-electron chi connectivity index (χ2n) is 7.05. The van der Waals surface area contributed by atoms with Crippen molar-refractivity contribution in [3.05, 3.63) is 94.4 Å². The third-order valence-corrected chi connectivity index (χ3v) is 6.30. The summed E-state index contributed by atoms with van der Waals surface area (Å²) in [6.45, 7) is 3.69. The van der Waals surface area contributed by atoms with Gasteiger partial charge < -0.3 is 10.4 Å². The minimum absolute atomic E-state index is 0.318. The van der Waals surface area contributed by atoms with Gasteiger partial charge in [0.15, 0.2) is 0 Å². The highest BCUT2D eigenvalue weighted by Gasteiger charge is 2.10. The van der Waals surface area contributed by atoms with Crippen LogP contribution in [0, 0.1) is 0 Å². The van der Waals surface area contributed by atoms with Gasteiger partial charge in [-0.25, -0.2) is 4.79 Å². The minimum Gasteiger partial charge on any atom is -0.478 e. The number of benzene rings is 3. The Morgan fingerprint density at radius 3 is 2.45 bits per heavy atom. The molecule has 2 N–H and O–H groups in total. The molecule has 0 amide bonds. The number of hydrogen-bond acceptors (Lipinski definition) is 3. The van der Waals surface area contributed by atoms with E-state index in [1.807, 2.05) is 23.5 Å². The lowest BCUT2D eigenvalue weighted by Crippen LogP contribution is -2.11. The summed E-state index contributed by atoms with van der Waals surface area (Å²) < 4.78 is 1.33. The van der Waals surface area contributed by atoms with Crippen LogP contribution < -0.4 is 5.32 Å². The molecule has 0 atom stereocenters. The van der Waals surface area contributed by atoms with Crippen LogP contribution >= 0.6 is 11.3 Å². The fourth-order valence-corrected chi connectivity index (χ4v) is 4.76. The highest BCUT2D eigenvalue weighted by Crippen LogP contribution is 2.36. The number of carboxylic acids is 1. The van der Waals surface area contributed by atoms with Gasteiger partial charge in [0.05, 0.1) is 5.56 Å². The van der Waals surface area contributed by atoms with Gasteiger partial charge in [-0.3, -0.25) is 0 Å². The molecule has 0 unspecified atom stereocenters. The van der Waals surface area contributed by atoms with E-state index in [0.29, 0.717) is 12.1 Å². The molecule has 1 heterocycles. The van der Waals surface area contributed by atoms with Crippen LogP contribution in [0.1, 0.15) is 33.3 Å². The standard InChI is InChI=1S/C25H23NO2S/c1-2-18-6-3-4-8-22(18)23-9-5-7-20-14-21(29-24(20)23)16-26-15-17-10-12-19(13-11-17)25(27)28/h3-14,26H,2,15-16H2,1H3,(H,27,28). The summed E-state index contributed by atoms with van der Waals surface area (Å²) in [6, 6.07) is 24.5. The fraction of sp³-hybridized carbons (Fsp3) is 0.160. The van der Waals surface area contributed by atoms with Crippen molar-refractivity contribution in [3.63, 3.8) is 0 Å². The molecule has 4 heteroatoms. The second-order valence-corrected chi connectivity index (χ2v) is 8.19. The van der Waals surface area contributed by atoms with Gasteiger partial charge in [-0.2, -0.15) is 0 Å². The number of hydrogen-bond donors (Lipinski definition) is 2. The van der Waals surface area contributed by atoms with Crippen molar-refractivity contribution in [1.29, 1.82) is 0 Å². The molecule has 4 rings (SSSR count). The Morgan fingerprint density at radius 1 is 0.931 bits per heavy atom. The van der Waals surface area contributed by atoms with Crippen LogP contribution in [0.4, 0.5) is 0 Å². The van der Waals surface area contributed by atoms with Crippen LogP contribution in [0.15, 0.2) is 72.8 Å². The first kappa shape index (κ1) is 19.4. The van der Waals surface area contributed by atoms with Crippen LogP contribution in [-0.4, -0.2) is 11.1 Å². The Bertz CT molecular complexity index is 1150. The first-order valence-electron chi connectivity index (χ1n) is 9.78. The van der Waals surface area contributed by atoms with Crippen LogP contribution in [-0.2, 0) is 19.5 Å². The molecule has 29 heavy (non-hydrogen) atoms. The summed E-state index contributed by atoms with van der Waals surface area (Å²) in [4.78, 5) is 12.2. The van der Waals surface area contributed by atoms with E-state index in [-0.39, 0.29) is 0 Å². The number of aryl methyl sites for hydroxylation is 1. The highest BCUT2D eigenvalue weighted by atomic mass is 32.1. The molecule has 0 spiro atoms. The fourth-order valence-electron chi connectivity index (χ4n) is 3.60. The third kappa shape index (κ3) is 4.24. The summed E-state index contributed by atoms with van der Waals surface area (Å²) in [5.41, 5.74) is 5.39. The summed E-state index contributed by atoms with van der Waals surface area (Å²) in [6.07, 6.45) is 1.02. The smallest absolute Gasteiger partial charge is 0.335 e. The van der Waals surface area contributed by atoms with Gasteiger partial charge in [0.1, 0.15) is 0 Å². The van der Waals surface area contributed by atoms with Gasteiger partial charge in [-0.1, -0.05) is 61.5 Å². The maximum absolute atomic E-state index is 11.0. The van der Waals surface area contributed by atoms with Crippen LogP contribution in [0.3, 0.4) is 0 Å². The Balaban J connectivity index is 1.51. The molecular formula is C25H23NO2S. The van der Waals surface area contributed by atoms with Crippen molar-refractivity contribution in [1.82, 2.24) is 5.32 Å². The highest BCUT2D eigenvalue weighted by molar-refractivity contribution is 7.19. The van der Waals surface area contributed by atoms with E-state index in [1.165, 1.54) is 31.7 Å². The lowest BCUT2D eigenvalue weighted by Gasteiger charge is -2.08. The predicted molar refractivity (Wildman–Crippen MR) is 121 cm³/mol. The molecule has 1 aromatic heterocycles. The maximum Gasteiger partial charge on any atom is 0.335 e. The normalized spacial score (nSPS) is 11.1. The first-order chi connectivity index (χ1) is 14.2. The van der Waals surface area contributed by atoms with Crippen LogP contribution in [0.25, 0.3) is 21.2 Å². The average molecular weight is 402 g/mol. The van der Waals surface area contributed by atoms with E-state index in [1.54, 1.807) is 12.1 Å². The molecule has 0 saturated carbocycles. The van der Waals surface area contributed by atoms with Gasteiger partial charge in [0, 0.05) is 22.7 Å². The monoisotopic (exact) mass is 401 g/mol. The molecule has 0 aliphatic heterocycles. The van der Waals surface area contributed by atoms with Crippen molar-refractivity contribution in [2.45, 2.75) is 26.4 Å².